The number of carboxylic acid groups (broad SMARTS) is 1. The number of imide groups is 1. The largest absolute Gasteiger partial charge is 0.498 e. The van der Waals surface area contributed by atoms with Gasteiger partial charge in [-0.25, -0.2) is 9.59 Å². The molecule has 2 atom stereocenters. The number of quaternary nitrogens is 1. The van der Waals surface area contributed by atoms with Crippen LogP contribution in [-0.4, -0.2) is 34.0 Å². The van der Waals surface area contributed by atoms with E-state index in [-0.39, 0.29) is 19.4 Å². The van der Waals surface area contributed by atoms with E-state index in [1.165, 1.54) is 0 Å². The van der Waals surface area contributed by atoms with E-state index in [2.05, 4.69) is 0 Å². The highest BCUT2D eigenvalue weighted by molar-refractivity contribution is 5.89. The van der Waals surface area contributed by atoms with Crippen molar-refractivity contribution in [1.29, 1.82) is 0 Å². The summed E-state index contributed by atoms with van der Waals surface area (Å²) in [5.41, 5.74) is -0.199. The standard InChI is InChI=1S/C17H21NO5/c1-17(2,3)18(16(21)22)13(9-10-14(18)19)15(20)23-11-12-7-5-4-6-8-12/h4-8,13H,9-11H2,1-3H3/t13-,18?/m0/s1. The Labute approximate surface area is 135 Å². The summed E-state index contributed by atoms with van der Waals surface area (Å²) in [5, 5.41) is 11.8. The minimum absolute atomic E-state index is 0.0242. The lowest BCUT2D eigenvalue weighted by Gasteiger charge is -2.45. The first kappa shape index (κ1) is 17.1. The highest BCUT2D eigenvalue weighted by Crippen LogP contribution is 2.38. The van der Waals surface area contributed by atoms with Crippen molar-refractivity contribution in [3.8, 4) is 0 Å². The van der Waals surface area contributed by atoms with Gasteiger partial charge in [0.2, 0.25) is 6.04 Å². The third kappa shape index (κ3) is 2.86. The monoisotopic (exact) mass is 319 g/mol. The molecule has 6 heteroatoms. The van der Waals surface area contributed by atoms with Crippen LogP contribution in [0.2, 0.25) is 0 Å². The number of esters is 1. The van der Waals surface area contributed by atoms with Gasteiger partial charge in [-0.1, -0.05) is 30.3 Å². The minimum Gasteiger partial charge on any atom is -0.498 e. The molecule has 1 saturated heterocycles. The maximum atomic E-state index is 12.4. The van der Waals surface area contributed by atoms with Gasteiger partial charge in [-0.05, 0) is 26.3 Å². The Balaban J connectivity index is 2.24. The zero-order valence-corrected chi connectivity index (χ0v) is 13.6. The smallest absolute Gasteiger partial charge is 0.366 e. The molecule has 124 valence electrons. The first-order chi connectivity index (χ1) is 10.7. The van der Waals surface area contributed by atoms with E-state index in [1.54, 1.807) is 32.9 Å². The van der Waals surface area contributed by atoms with Gasteiger partial charge in [0.1, 0.15) is 12.1 Å². The van der Waals surface area contributed by atoms with Crippen molar-refractivity contribution in [3.05, 3.63) is 35.9 Å². The first-order valence-electron chi connectivity index (χ1n) is 7.55. The molecular formula is C17H21NO5. The number of benzene rings is 1. The van der Waals surface area contributed by atoms with Crippen molar-refractivity contribution in [1.82, 2.24) is 0 Å². The third-order valence-electron chi connectivity index (χ3n) is 4.33. The molecule has 0 spiro atoms. The highest BCUT2D eigenvalue weighted by Gasteiger charge is 2.62. The Bertz CT molecular complexity index is 620. The zero-order valence-electron chi connectivity index (χ0n) is 13.6. The van der Waals surface area contributed by atoms with Crippen LogP contribution < -0.4 is 5.11 Å². The van der Waals surface area contributed by atoms with Crippen LogP contribution in [0.15, 0.2) is 30.3 Å². The van der Waals surface area contributed by atoms with Gasteiger partial charge in [0.05, 0.1) is 6.42 Å². The van der Waals surface area contributed by atoms with Gasteiger partial charge < -0.3 is 14.6 Å². The molecule has 2 amide bonds. The average Bonchev–Trinajstić information content (AvgIpc) is 2.84. The molecule has 0 aliphatic carbocycles. The van der Waals surface area contributed by atoms with Crippen LogP contribution in [0.4, 0.5) is 4.79 Å². The fourth-order valence-electron chi connectivity index (χ4n) is 3.25. The molecule has 1 unspecified atom stereocenters. The second-order valence-corrected chi connectivity index (χ2v) is 6.70. The zero-order chi connectivity index (χ0) is 17.3. The topological polar surface area (TPSA) is 83.5 Å². The van der Waals surface area contributed by atoms with Crippen LogP contribution in [0.25, 0.3) is 0 Å². The second kappa shape index (κ2) is 6.12. The maximum absolute atomic E-state index is 12.4. The first-order valence-corrected chi connectivity index (χ1v) is 7.55. The summed E-state index contributed by atoms with van der Waals surface area (Å²) in [7, 11) is 0. The van der Waals surface area contributed by atoms with E-state index in [4.69, 9.17) is 4.74 Å². The van der Waals surface area contributed by atoms with Crippen LogP contribution in [0.1, 0.15) is 39.2 Å². The summed E-state index contributed by atoms with van der Waals surface area (Å²) in [6.07, 6.45) is -1.38. The fraction of sp³-hybridized carbons (Fsp3) is 0.471. The average molecular weight is 319 g/mol. The number of hydrogen-bond acceptors (Lipinski definition) is 5. The molecule has 0 N–H and O–H groups in total. The third-order valence-corrected chi connectivity index (χ3v) is 4.33. The fourth-order valence-corrected chi connectivity index (χ4v) is 3.25. The number of likely N-dealkylation sites (tertiary alicyclic amines) is 1. The predicted octanol–water partition coefficient (Wildman–Crippen LogP) is 1.38. The Morgan fingerprint density at radius 3 is 2.39 bits per heavy atom. The number of rotatable bonds is 3. The van der Waals surface area contributed by atoms with E-state index in [0.717, 1.165) is 5.56 Å². The lowest BCUT2D eigenvalue weighted by Crippen LogP contribution is -2.73. The van der Waals surface area contributed by atoms with Gasteiger partial charge in [-0.15, -0.1) is 0 Å². The second-order valence-electron chi connectivity index (χ2n) is 6.70. The van der Waals surface area contributed by atoms with Crippen LogP contribution >= 0.6 is 0 Å². The van der Waals surface area contributed by atoms with Crippen molar-refractivity contribution in [2.45, 2.75) is 51.8 Å². The van der Waals surface area contributed by atoms with Crippen LogP contribution in [0.3, 0.4) is 0 Å². The van der Waals surface area contributed by atoms with Crippen LogP contribution in [-0.2, 0) is 20.9 Å². The Morgan fingerprint density at radius 2 is 1.87 bits per heavy atom. The van der Waals surface area contributed by atoms with E-state index in [9.17, 15) is 19.5 Å². The molecular weight excluding hydrogens is 298 g/mol. The molecule has 1 aromatic rings. The molecule has 0 bridgehead atoms. The van der Waals surface area contributed by atoms with Crippen molar-refractivity contribution in [2.75, 3.05) is 0 Å². The van der Waals surface area contributed by atoms with E-state index >= 15 is 0 Å². The summed E-state index contributed by atoms with van der Waals surface area (Å²) in [6.45, 7) is 4.89. The number of hydrogen-bond donors (Lipinski definition) is 0. The maximum Gasteiger partial charge on any atom is 0.366 e. The molecule has 0 aromatic heterocycles. The van der Waals surface area contributed by atoms with Crippen LogP contribution in [0.5, 0.6) is 0 Å². The highest BCUT2D eigenvalue weighted by atomic mass is 16.5. The van der Waals surface area contributed by atoms with E-state index in [1.807, 2.05) is 18.2 Å². The Hall–Kier alpha value is -2.21. The van der Waals surface area contributed by atoms with Gasteiger partial charge in [-0.3, -0.25) is 0 Å². The normalized spacial score (nSPS) is 24.5. The number of ether oxygens (including phenoxy) is 1. The molecule has 23 heavy (non-hydrogen) atoms. The van der Waals surface area contributed by atoms with Crippen molar-refractivity contribution >= 4 is 18.0 Å². The minimum atomic E-state index is -1.55. The van der Waals surface area contributed by atoms with Gasteiger partial charge in [0.15, 0.2) is 0 Å². The lowest BCUT2D eigenvalue weighted by atomic mass is 9.99. The van der Waals surface area contributed by atoms with E-state index < -0.39 is 34.0 Å². The van der Waals surface area contributed by atoms with Crippen molar-refractivity contribution < 1.29 is 28.7 Å². The molecule has 1 heterocycles. The van der Waals surface area contributed by atoms with Gasteiger partial charge in [0, 0.05) is 6.42 Å². The number of carbonyl (C=O) groups excluding carboxylic acids is 3. The van der Waals surface area contributed by atoms with Gasteiger partial charge in [0.25, 0.3) is 6.09 Å². The molecule has 1 aliphatic rings. The van der Waals surface area contributed by atoms with Crippen LogP contribution in [0, 0.1) is 0 Å². The van der Waals surface area contributed by atoms with Crippen molar-refractivity contribution in [2.24, 2.45) is 0 Å². The molecule has 0 radical (unpaired) electrons. The van der Waals surface area contributed by atoms with Gasteiger partial charge >= 0.3 is 11.9 Å². The van der Waals surface area contributed by atoms with Crippen molar-refractivity contribution in [3.63, 3.8) is 0 Å². The Morgan fingerprint density at radius 1 is 1.26 bits per heavy atom. The van der Waals surface area contributed by atoms with E-state index in [0.29, 0.717) is 0 Å². The number of amides is 2. The number of carbonyl (C=O) groups is 3. The number of nitrogens with zero attached hydrogens (tertiary/aromatic N) is 1. The lowest BCUT2D eigenvalue weighted by molar-refractivity contribution is -0.858. The molecule has 1 aromatic carbocycles. The van der Waals surface area contributed by atoms with Gasteiger partial charge in [-0.2, -0.15) is 4.48 Å². The molecule has 1 fully saturated rings. The summed E-state index contributed by atoms with van der Waals surface area (Å²) in [5.74, 6) is -1.20. The predicted molar refractivity (Wildman–Crippen MR) is 79.7 cm³/mol. The molecule has 1 aliphatic heterocycles. The molecule has 0 saturated carbocycles. The quantitative estimate of drug-likeness (QED) is 0.621. The Kier molecular flexibility index (Phi) is 4.56. The molecule has 6 nitrogen and oxygen atoms in total. The summed E-state index contributed by atoms with van der Waals surface area (Å²) >= 11 is 0. The molecule has 2 rings (SSSR count). The summed E-state index contributed by atoms with van der Waals surface area (Å²) in [4.78, 5) is 36.6. The summed E-state index contributed by atoms with van der Waals surface area (Å²) in [6, 6.07) is 8.02. The SMILES string of the molecule is CC(C)(C)[N+]1(C(=O)[O-])C(=O)CC[C@H]1C(=O)OCc1ccccc1. The summed E-state index contributed by atoms with van der Waals surface area (Å²) < 4.78 is 4.25.